The quantitative estimate of drug-likeness (QED) is 0.562. The van der Waals surface area contributed by atoms with Gasteiger partial charge in [0.15, 0.2) is 0 Å². The molecule has 1 aromatic heterocycles. The van der Waals surface area contributed by atoms with Crippen LogP contribution in [0.3, 0.4) is 0 Å². The highest BCUT2D eigenvalue weighted by atomic mass is 16.6. The molecule has 0 amide bonds. The largest absolute Gasteiger partial charge is 0.383 e. The van der Waals surface area contributed by atoms with Crippen molar-refractivity contribution >= 4 is 17.3 Å². The number of hydrogen-bond donors (Lipinski definition) is 1. The highest BCUT2D eigenvalue weighted by molar-refractivity contribution is 5.58. The third kappa shape index (κ3) is 4.04. The van der Waals surface area contributed by atoms with Crippen molar-refractivity contribution in [3.63, 3.8) is 0 Å². The van der Waals surface area contributed by atoms with E-state index in [1.165, 1.54) is 6.07 Å². The van der Waals surface area contributed by atoms with Gasteiger partial charge in [-0.2, -0.15) is 0 Å². The number of nitrogens with two attached hydrogens (primary N) is 1. The third-order valence-electron chi connectivity index (χ3n) is 2.85. The molecule has 1 aromatic rings. The monoisotopic (exact) mass is 284 g/mol. The molecule has 112 valence electrons. The van der Waals surface area contributed by atoms with Crippen LogP contribution in [0.25, 0.3) is 0 Å². The van der Waals surface area contributed by atoms with Crippen LogP contribution in [0.5, 0.6) is 0 Å². The molecule has 0 bridgehead atoms. The van der Waals surface area contributed by atoms with Crippen molar-refractivity contribution in [3.8, 4) is 0 Å². The highest BCUT2D eigenvalue weighted by Crippen LogP contribution is 2.24. The maximum absolute atomic E-state index is 10.7. The van der Waals surface area contributed by atoms with Gasteiger partial charge in [0.25, 0.3) is 0 Å². The number of methoxy groups -OCH3 is 2. The van der Waals surface area contributed by atoms with Gasteiger partial charge in [-0.1, -0.05) is 0 Å². The van der Waals surface area contributed by atoms with Gasteiger partial charge in [-0.05, 0) is 13.0 Å². The molecule has 0 radical (unpaired) electrons. The molecule has 2 N–H and O–H groups in total. The number of rotatable bonds is 8. The van der Waals surface area contributed by atoms with Crippen LogP contribution in [0.15, 0.2) is 12.1 Å². The lowest BCUT2D eigenvalue weighted by atomic mass is 10.2. The zero-order valence-electron chi connectivity index (χ0n) is 11.9. The molecule has 8 nitrogen and oxygen atoms in total. The second-order valence-corrected chi connectivity index (χ2v) is 4.32. The standard InChI is InChI=1S/C12H20N4O4/c1-9(8-20-3)15(6-7-19-2)11-5-4-10(16(17)18)12(13)14-11/h4-5,9H,6-8H2,1-3H3,(H2,13,14). The summed E-state index contributed by atoms with van der Waals surface area (Å²) in [4.78, 5) is 16.2. The van der Waals surface area contributed by atoms with E-state index in [1.54, 1.807) is 20.3 Å². The predicted octanol–water partition coefficient (Wildman–Crippen LogP) is 1.06. The number of nitro groups is 1. The van der Waals surface area contributed by atoms with Crippen molar-refractivity contribution < 1.29 is 14.4 Å². The molecule has 1 atom stereocenters. The number of ether oxygens (including phenoxy) is 2. The Morgan fingerprint density at radius 2 is 2.15 bits per heavy atom. The fourth-order valence-electron chi connectivity index (χ4n) is 1.85. The average molecular weight is 284 g/mol. The Kier molecular flexibility index (Phi) is 6.13. The first-order chi connectivity index (χ1) is 9.51. The van der Waals surface area contributed by atoms with Crippen molar-refractivity contribution in [1.29, 1.82) is 0 Å². The minimum Gasteiger partial charge on any atom is -0.383 e. The smallest absolute Gasteiger partial charge is 0.311 e. The summed E-state index contributed by atoms with van der Waals surface area (Å²) in [6, 6.07) is 2.98. The molecule has 1 unspecified atom stereocenters. The number of pyridine rings is 1. The fourth-order valence-corrected chi connectivity index (χ4v) is 1.85. The van der Waals surface area contributed by atoms with Crippen LogP contribution in [0, 0.1) is 10.1 Å². The Bertz CT molecular complexity index is 455. The van der Waals surface area contributed by atoms with Gasteiger partial charge < -0.3 is 20.1 Å². The molecule has 1 heterocycles. The van der Waals surface area contributed by atoms with Gasteiger partial charge in [-0.15, -0.1) is 0 Å². The first kappa shape index (κ1) is 16.1. The zero-order chi connectivity index (χ0) is 15.1. The van der Waals surface area contributed by atoms with E-state index in [1.807, 2.05) is 11.8 Å². The molecule has 0 saturated carbocycles. The first-order valence-corrected chi connectivity index (χ1v) is 6.16. The van der Waals surface area contributed by atoms with Crippen LogP contribution in [0.1, 0.15) is 6.92 Å². The average Bonchev–Trinajstić information content (AvgIpc) is 2.39. The van der Waals surface area contributed by atoms with Gasteiger partial charge in [-0.25, -0.2) is 4.98 Å². The van der Waals surface area contributed by atoms with Crippen LogP contribution in [0.2, 0.25) is 0 Å². The number of nitrogen functional groups attached to an aromatic ring is 1. The summed E-state index contributed by atoms with van der Waals surface area (Å²) in [5.41, 5.74) is 5.43. The second-order valence-electron chi connectivity index (χ2n) is 4.32. The normalized spacial score (nSPS) is 12.2. The Labute approximate surface area is 117 Å². The highest BCUT2D eigenvalue weighted by Gasteiger charge is 2.19. The molecular weight excluding hydrogens is 264 g/mol. The minimum absolute atomic E-state index is 0.0449. The molecule has 0 aliphatic rings. The lowest BCUT2D eigenvalue weighted by Gasteiger charge is -2.29. The second kappa shape index (κ2) is 7.61. The Hall–Kier alpha value is -1.93. The lowest BCUT2D eigenvalue weighted by Crippen LogP contribution is -2.39. The van der Waals surface area contributed by atoms with Crippen molar-refractivity contribution in [3.05, 3.63) is 22.2 Å². The molecule has 1 rings (SSSR count). The van der Waals surface area contributed by atoms with E-state index >= 15 is 0 Å². The maximum Gasteiger partial charge on any atom is 0.311 e. The van der Waals surface area contributed by atoms with Gasteiger partial charge in [0.1, 0.15) is 5.82 Å². The number of hydrogen-bond acceptors (Lipinski definition) is 7. The van der Waals surface area contributed by atoms with Gasteiger partial charge in [-0.3, -0.25) is 10.1 Å². The van der Waals surface area contributed by atoms with E-state index in [0.717, 1.165) is 0 Å². The molecule has 0 spiro atoms. The number of anilines is 2. The van der Waals surface area contributed by atoms with E-state index in [9.17, 15) is 10.1 Å². The van der Waals surface area contributed by atoms with E-state index in [-0.39, 0.29) is 17.5 Å². The zero-order valence-corrected chi connectivity index (χ0v) is 11.9. The summed E-state index contributed by atoms with van der Waals surface area (Å²) in [5.74, 6) is 0.467. The summed E-state index contributed by atoms with van der Waals surface area (Å²) >= 11 is 0. The van der Waals surface area contributed by atoms with E-state index in [4.69, 9.17) is 15.2 Å². The summed E-state index contributed by atoms with van der Waals surface area (Å²) in [6.45, 7) is 3.57. The minimum atomic E-state index is -0.551. The van der Waals surface area contributed by atoms with Crippen LogP contribution >= 0.6 is 0 Å². The summed E-state index contributed by atoms with van der Waals surface area (Å²) in [5, 5.41) is 10.7. The molecule has 8 heteroatoms. The van der Waals surface area contributed by atoms with Crippen molar-refractivity contribution in [2.75, 3.05) is 44.6 Å². The van der Waals surface area contributed by atoms with Crippen LogP contribution < -0.4 is 10.6 Å². The van der Waals surface area contributed by atoms with Gasteiger partial charge in [0, 0.05) is 26.8 Å². The molecule has 0 fully saturated rings. The Morgan fingerprint density at radius 1 is 1.45 bits per heavy atom. The Morgan fingerprint density at radius 3 is 2.65 bits per heavy atom. The number of nitrogens with zero attached hydrogens (tertiary/aromatic N) is 3. The lowest BCUT2D eigenvalue weighted by molar-refractivity contribution is -0.384. The van der Waals surface area contributed by atoms with Crippen molar-refractivity contribution in [1.82, 2.24) is 4.98 Å². The Balaban J connectivity index is 3.00. The van der Waals surface area contributed by atoms with E-state index in [0.29, 0.717) is 25.6 Å². The van der Waals surface area contributed by atoms with Crippen LogP contribution in [-0.2, 0) is 9.47 Å². The van der Waals surface area contributed by atoms with Crippen LogP contribution in [-0.4, -0.2) is 49.9 Å². The molecule has 20 heavy (non-hydrogen) atoms. The third-order valence-corrected chi connectivity index (χ3v) is 2.85. The van der Waals surface area contributed by atoms with Gasteiger partial charge >= 0.3 is 5.69 Å². The van der Waals surface area contributed by atoms with Crippen molar-refractivity contribution in [2.45, 2.75) is 13.0 Å². The first-order valence-electron chi connectivity index (χ1n) is 6.16. The molecule has 0 aromatic carbocycles. The predicted molar refractivity (Wildman–Crippen MR) is 75.9 cm³/mol. The van der Waals surface area contributed by atoms with E-state index in [2.05, 4.69) is 4.98 Å². The SMILES string of the molecule is COCCN(c1ccc([N+](=O)[O-])c(N)n1)C(C)COC. The molecule has 0 aliphatic carbocycles. The maximum atomic E-state index is 10.7. The van der Waals surface area contributed by atoms with Gasteiger partial charge in [0.2, 0.25) is 5.82 Å². The molecule has 0 aliphatic heterocycles. The summed E-state index contributed by atoms with van der Waals surface area (Å²) < 4.78 is 10.2. The molecular formula is C12H20N4O4. The topological polar surface area (TPSA) is 104 Å². The fraction of sp³-hybridized carbons (Fsp3) is 0.583. The van der Waals surface area contributed by atoms with Gasteiger partial charge in [0.05, 0.1) is 24.2 Å². The molecule has 0 saturated heterocycles. The van der Waals surface area contributed by atoms with Crippen LogP contribution in [0.4, 0.5) is 17.3 Å². The summed E-state index contributed by atoms with van der Waals surface area (Å²) in [7, 11) is 3.22. The summed E-state index contributed by atoms with van der Waals surface area (Å²) in [6.07, 6.45) is 0. The van der Waals surface area contributed by atoms with Crippen molar-refractivity contribution in [2.24, 2.45) is 0 Å². The van der Waals surface area contributed by atoms with E-state index < -0.39 is 4.92 Å². The number of aromatic nitrogens is 1.